The molecule has 8 heteroatoms. The molecule has 0 aromatic heterocycles. The van der Waals surface area contributed by atoms with Crippen LogP contribution in [0, 0.1) is 13.8 Å². The minimum atomic E-state index is -0.914. The van der Waals surface area contributed by atoms with E-state index >= 15 is 0 Å². The highest BCUT2D eigenvalue weighted by Crippen LogP contribution is 2.47. The molecule has 1 aromatic rings. The van der Waals surface area contributed by atoms with Crippen LogP contribution in [0.2, 0.25) is 0 Å². The number of ether oxygens (including phenoxy) is 2. The van der Waals surface area contributed by atoms with Gasteiger partial charge in [0.25, 0.3) is 0 Å². The number of nitrogens with zero attached hydrogens (tertiary/aromatic N) is 2. The van der Waals surface area contributed by atoms with E-state index in [2.05, 4.69) is 0 Å². The Kier molecular flexibility index (Phi) is 5.81. The number of carbonyl (C=O) groups excluding carboxylic acids is 2. The van der Waals surface area contributed by atoms with Gasteiger partial charge in [-0.2, -0.15) is 5.06 Å². The van der Waals surface area contributed by atoms with Gasteiger partial charge < -0.3 is 19.1 Å². The molecule has 2 aliphatic rings. The Morgan fingerprint density at radius 3 is 2.36 bits per heavy atom. The van der Waals surface area contributed by atoms with E-state index in [1.807, 2.05) is 32.0 Å². The number of amides is 1. The van der Waals surface area contributed by atoms with Crippen molar-refractivity contribution in [3.8, 4) is 0 Å². The standard InChI is InChI=1S/C20H25BN2O5/c1-5-27-19(25)28-17-16(15-13(2)7-6-8-14(15)3)18(24)23(21)20(17)9-11-22(26-4)12-10-20/h6-8H,5,9-12H2,1-4H3. The van der Waals surface area contributed by atoms with Crippen molar-refractivity contribution in [3.05, 3.63) is 40.6 Å². The van der Waals surface area contributed by atoms with Crippen LogP contribution >= 0.6 is 0 Å². The third kappa shape index (κ3) is 3.31. The van der Waals surface area contributed by atoms with Crippen LogP contribution in [0.25, 0.3) is 5.57 Å². The van der Waals surface area contributed by atoms with E-state index < -0.39 is 11.7 Å². The first-order valence-corrected chi connectivity index (χ1v) is 9.40. The van der Waals surface area contributed by atoms with Gasteiger partial charge in [-0.1, -0.05) is 18.2 Å². The van der Waals surface area contributed by atoms with Gasteiger partial charge in [-0.05, 0) is 50.3 Å². The Balaban J connectivity index is 2.16. The van der Waals surface area contributed by atoms with E-state index in [1.54, 1.807) is 19.1 Å². The fraction of sp³-hybridized carbons (Fsp3) is 0.500. The number of hydrogen-bond acceptors (Lipinski definition) is 6. The van der Waals surface area contributed by atoms with E-state index in [1.165, 1.54) is 4.81 Å². The largest absolute Gasteiger partial charge is 0.513 e. The van der Waals surface area contributed by atoms with Crippen molar-refractivity contribution in [2.45, 2.75) is 39.2 Å². The first kappa shape index (κ1) is 20.4. The summed E-state index contributed by atoms with van der Waals surface area (Å²) >= 11 is 0. The molecule has 1 aromatic carbocycles. The molecule has 0 unspecified atom stereocenters. The molecule has 0 aliphatic carbocycles. The summed E-state index contributed by atoms with van der Waals surface area (Å²) in [6, 6.07) is 5.76. The first-order valence-electron chi connectivity index (χ1n) is 9.40. The summed E-state index contributed by atoms with van der Waals surface area (Å²) in [5.41, 5.74) is 1.98. The lowest BCUT2D eigenvalue weighted by atomic mass is 9.83. The molecule has 0 bridgehead atoms. The van der Waals surface area contributed by atoms with Crippen LogP contribution in [0.5, 0.6) is 0 Å². The van der Waals surface area contributed by atoms with Crippen molar-refractivity contribution < 1.29 is 23.9 Å². The molecule has 1 amide bonds. The van der Waals surface area contributed by atoms with E-state index in [9.17, 15) is 9.59 Å². The van der Waals surface area contributed by atoms with Gasteiger partial charge in [0.15, 0.2) is 0 Å². The van der Waals surface area contributed by atoms with Gasteiger partial charge in [-0.15, -0.1) is 0 Å². The maximum Gasteiger partial charge on any atom is 0.513 e. The average molecular weight is 384 g/mol. The highest BCUT2D eigenvalue weighted by atomic mass is 16.7. The van der Waals surface area contributed by atoms with Crippen LogP contribution in [0.15, 0.2) is 24.0 Å². The smallest absolute Gasteiger partial charge is 0.434 e. The number of benzene rings is 1. The predicted molar refractivity (Wildman–Crippen MR) is 104 cm³/mol. The molecule has 0 saturated carbocycles. The number of rotatable bonds is 4. The van der Waals surface area contributed by atoms with Crippen molar-refractivity contribution in [2.75, 3.05) is 26.8 Å². The Morgan fingerprint density at radius 1 is 1.21 bits per heavy atom. The molecule has 0 N–H and O–H groups in total. The highest BCUT2D eigenvalue weighted by molar-refractivity contribution is 6.33. The van der Waals surface area contributed by atoms with Crippen LogP contribution in [0.1, 0.15) is 36.5 Å². The van der Waals surface area contributed by atoms with E-state index in [-0.39, 0.29) is 18.3 Å². The number of carbonyl (C=O) groups is 2. The fourth-order valence-corrected chi connectivity index (χ4v) is 4.07. The molecule has 3 rings (SSSR count). The normalized spacial score (nSPS) is 19.4. The molecule has 148 valence electrons. The van der Waals surface area contributed by atoms with Gasteiger partial charge in [0.2, 0.25) is 13.9 Å². The van der Waals surface area contributed by atoms with E-state index in [4.69, 9.17) is 22.3 Å². The molecular weight excluding hydrogens is 359 g/mol. The fourth-order valence-electron chi connectivity index (χ4n) is 4.07. The third-order valence-electron chi connectivity index (χ3n) is 5.53. The van der Waals surface area contributed by atoms with Crippen molar-refractivity contribution in [1.29, 1.82) is 0 Å². The minimum Gasteiger partial charge on any atom is -0.434 e. The quantitative estimate of drug-likeness (QED) is 0.587. The van der Waals surface area contributed by atoms with Crippen LogP contribution in [-0.4, -0.2) is 62.3 Å². The lowest BCUT2D eigenvalue weighted by Gasteiger charge is -2.43. The Hall–Kier alpha value is -2.32. The molecule has 0 atom stereocenters. The zero-order chi connectivity index (χ0) is 20.5. The maximum absolute atomic E-state index is 13.3. The summed E-state index contributed by atoms with van der Waals surface area (Å²) in [4.78, 5) is 32.0. The van der Waals surface area contributed by atoms with Crippen molar-refractivity contribution in [1.82, 2.24) is 9.87 Å². The minimum absolute atomic E-state index is 0.176. The number of hydrogen-bond donors (Lipinski definition) is 0. The van der Waals surface area contributed by atoms with Gasteiger partial charge in [-0.25, -0.2) is 4.79 Å². The van der Waals surface area contributed by atoms with Gasteiger partial charge in [0.05, 0.1) is 24.8 Å². The van der Waals surface area contributed by atoms with Crippen LogP contribution in [0.3, 0.4) is 0 Å². The summed E-state index contributed by atoms with van der Waals surface area (Å²) in [7, 11) is 7.90. The van der Waals surface area contributed by atoms with Gasteiger partial charge in [0.1, 0.15) is 5.76 Å². The topological polar surface area (TPSA) is 68.3 Å². The van der Waals surface area contributed by atoms with E-state index in [0.717, 1.165) is 16.7 Å². The Morgan fingerprint density at radius 2 is 1.82 bits per heavy atom. The summed E-state index contributed by atoms with van der Waals surface area (Å²) in [6.07, 6.45) is 0.122. The molecule has 2 aliphatic heterocycles. The summed E-state index contributed by atoms with van der Waals surface area (Å²) in [6.45, 7) is 6.81. The van der Waals surface area contributed by atoms with Crippen LogP contribution < -0.4 is 0 Å². The molecular formula is C20H25BN2O5. The second kappa shape index (κ2) is 7.97. The molecule has 2 heterocycles. The predicted octanol–water partition coefficient (Wildman–Crippen LogP) is 2.51. The van der Waals surface area contributed by atoms with E-state index in [0.29, 0.717) is 31.5 Å². The second-order valence-electron chi connectivity index (χ2n) is 7.07. The van der Waals surface area contributed by atoms with Crippen LogP contribution in [0.4, 0.5) is 4.79 Å². The third-order valence-corrected chi connectivity index (χ3v) is 5.53. The molecule has 1 spiro atoms. The molecule has 1 fully saturated rings. The molecule has 2 radical (unpaired) electrons. The van der Waals surface area contributed by atoms with Crippen molar-refractivity contribution in [3.63, 3.8) is 0 Å². The van der Waals surface area contributed by atoms with Crippen molar-refractivity contribution >= 4 is 25.6 Å². The zero-order valence-electron chi connectivity index (χ0n) is 16.8. The van der Waals surface area contributed by atoms with Gasteiger partial charge in [0, 0.05) is 13.1 Å². The maximum atomic E-state index is 13.3. The lowest BCUT2D eigenvalue weighted by Crippen LogP contribution is -2.54. The first-order chi connectivity index (χ1) is 13.4. The summed E-state index contributed by atoms with van der Waals surface area (Å²) in [5, 5.41) is 1.79. The number of hydroxylamine groups is 2. The molecule has 28 heavy (non-hydrogen) atoms. The second-order valence-corrected chi connectivity index (χ2v) is 7.07. The summed E-state index contributed by atoms with van der Waals surface area (Å²) in [5.74, 6) is -0.0887. The summed E-state index contributed by atoms with van der Waals surface area (Å²) < 4.78 is 10.6. The van der Waals surface area contributed by atoms with Crippen LogP contribution in [-0.2, 0) is 19.1 Å². The Bertz CT molecular complexity index is 795. The average Bonchev–Trinajstić information content (AvgIpc) is 2.85. The number of aryl methyl sites for hydroxylation is 2. The lowest BCUT2D eigenvalue weighted by molar-refractivity contribution is -0.158. The van der Waals surface area contributed by atoms with Crippen molar-refractivity contribution in [2.24, 2.45) is 0 Å². The zero-order valence-corrected chi connectivity index (χ0v) is 16.8. The number of piperidine rings is 1. The van der Waals surface area contributed by atoms with Gasteiger partial charge >= 0.3 is 6.16 Å². The SMILES string of the molecule is [B]N1C(=O)C(c2c(C)cccc2C)=C(OC(=O)OCC)C12CCN(OC)CC2. The molecule has 1 saturated heterocycles. The van der Waals surface area contributed by atoms with Gasteiger partial charge in [-0.3, -0.25) is 4.79 Å². The molecule has 7 nitrogen and oxygen atoms in total. The highest BCUT2D eigenvalue weighted by Gasteiger charge is 2.53. The Labute approximate surface area is 166 Å². The monoisotopic (exact) mass is 384 g/mol.